The molecule has 1 heterocycles. The van der Waals surface area contributed by atoms with Crippen molar-refractivity contribution in [2.75, 3.05) is 13.7 Å². The van der Waals surface area contributed by atoms with Gasteiger partial charge in [-0.15, -0.1) is 0 Å². The van der Waals surface area contributed by atoms with Crippen molar-refractivity contribution in [3.8, 4) is 16.9 Å². The van der Waals surface area contributed by atoms with Crippen molar-refractivity contribution in [3.63, 3.8) is 0 Å². The van der Waals surface area contributed by atoms with Crippen LogP contribution in [-0.2, 0) is 4.74 Å². The molecule has 0 aliphatic rings. The molecule has 0 bridgehead atoms. The molecule has 110 valence electrons. The van der Waals surface area contributed by atoms with Gasteiger partial charge in [0.2, 0.25) is 5.56 Å². The zero-order valence-corrected chi connectivity index (χ0v) is 12.2. The van der Waals surface area contributed by atoms with Gasteiger partial charge in [0.05, 0.1) is 19.3 Å². The Balaban J connectivity index is 2.66. The highest BCUT2D eigenvalue weighted by atomic mass is 16.5. The molecule has 0 spiro atoms. The Morgan fingerprint density at radius 2 is 2.05 bits per heavy atom. The number of pyridine rings is 1. The van der Waals surface area contributed by atoms with Crippen LogP contribution in [0.4, 0.5) is 0 Å². The Kier molecular flexibility index (Phi) is 4.42. The summed E-state index contributed by atoms with van der Waals surface area (Å²) in [6.07, 6.45) is 0. The molecule has 0 aliphatic heterocycles. The molecule has 5 heteroatoms. The van der Waals surface area contributed by atoms with Gasteiger partial charge in [-0.2, -0.15) is 0 Å². The molecule has 0 unspecified atom stereocenters. The largest absolute Gasteiger partial charge is 0.497 e. The molecule has 5 nitrogen and oxygen atoms in total. The number of aromatic nitrogens is 1. The van der Waals surface area contributed by atoms with Crippen molar-refractivity contribution in [1.82, 2.24) is 4.98 Å². The number of nitrogens with one attached hydrogen (secondary N) is 1. The highest BCUT2D eigenvalue weighted by Crippen LogP contribution is 2.27. The van der Waals surface area contributed by atoms with Gasteiger partial charge < -0.3 is 14.5 Å². The fourth-order valence-electron chi connectivity index (χ4n) is 2.17. The Labute approximate surface area is 122 Å². The molecule has 2 aromatic rings. The molecule has 0 saturated carbocycles. The maximum Gasteiger partial charge on any atom is 0.340 e. The number of benzene rings is 1. The average Bonchev–Trinajstić information content (AvgIpc) is 2.46. The van der Waals surface area contributed by atoms with Crippen LogP contribution >= 0.6 is 0 Å². The van der Waals surface area contributed by atoms with Crippen molar-refractivity contribution in [2.45, 2.75) is 13.8 Å². The van der Waals surface area contributed by atoms with Gasteiger partial charge in [0, 0.05) is 17.3 Å². The number of esters is 1. The minimum absolute atomic E-state index is 0.265. The third-order valence-corrected chi connectivity index (χ3v) is 3.09. The number of hydrogen-bond donors (Lipinski definition) is 1. The highest BCUT2D eigenvalue weighted by Gasteiger charge is 2.18. The minimum Gasteiger partial charge on any atom is -0.497 e. The number of carbonyl (C=O) groups is 1. The monoisotopic (exact) mass is 287 g/mol. The second-order valence-electron chi connectivity index (χ2n) is 4.50. The topological polar surface area (TPSA) is 68.4 Å². The molecule has 0 radical (unpaired) electrons. The van der Waals surface area contributed by atoms with E-state index in [9.17, 15) is 9.59 Å². The number of methoxy groups -OCH3 is 1. The van der Waals surface area contributed by atoms with Crippen molar-refractivity contribution >= 4 is 5.97 Å². The van der Waals surface area contributed by atoms with Gasteiger partial charge in [-0.1, -0.05) is 12.1 Å². The fraction of sp³-hybridized carbons (Fsp3) is 0.250. The molecule has 2 rings (SSSR count). The number of ether oxygens (including phenoxy) is 2. The van der Waals surface area contributed by atoms with E-state index in [-0.39, 0.29) is 12.2 Å². The lowest BCUT2D eigenvalue weighted by Crippen LogP contribution is -2.16. The van der Waals surface area contributed by atoms with Crippen LogP contribution in [0.2, 0.25) is 0 Å². The van der Waals surface area contributed by atoms with Crippen molar-refractivity contribution in [3.05, 3.63) is 51.9 Å². The number of rotatable bonds is 4. The lowest BCUT2D eigenvalue weighted by molar-refractivity contribution is 0.0526. The molecule has 0 saturated heterocycles. The number of H-pyrrole nitrogens is 1. The number of aromatic amines is 1. The lowest BCUT2D eigenvalue weighted by Gasteiger charge is -2.12. The highest BCUT2D eigenvalue weighted by molar-refractivity contribution is 5.98. The first kappa shape index (κ1) is 14.8. The molecule has 1 N–H and O–H groups in total. The van der Waals surface area contributed by atoms with Crippen molar-refractivity contribution in [1.29, 1.82) is 0 Å². The first-order valence-electron chi connectivity index (χ1n) is 6.62. The predicted octanol–water partition coefficient (Wildman–Crippen LogP) is 2.54. The van der Waals surface area contributed by atoms with Crippen LogP contribution < -0.4 is 10.3 Å². The summed E-state index contributed by atoms with van der Waals surface area (Å²) in [5, 5.41) is 0. The summed E-state index contributed by atoms with van der Waals surface area (Å²) in [5.41, 5.74) is 1.85. The maximum atomic E-state index is 12.1. The summed E-state index contributed by atoms with van der Waals surface area (Å²) >= 11 is 0. The second-order valence-corrected chi connectivity index (χ2v) is 4.50. The van der Waals surface area contributed by atoms with E-state index in [4.69, 9.17) is 9.47 Å². The van der Waals surface area contributed by atoms with Gasteiger partial charge in [-0.3, -0.25) is 4.79 Å². The zero-order valence-electron chi connectivity index (χ0n) is 12.2. The van der Waals surface area contributed by atoms with E-state index in [1.807, 2.05) is 6.07 Å². The molecule has 0 atom stereocenters. The fourth-order valence-corrected chi connectivity index (χ4v) is 2.17. The van der Waals surface area contributed by atoms with Crippen LogP contribution in [0, 0.1) is 6.92 Å². The average molecular weight is 287 g/mol. The number of carbonyl (C=O) groups excluding carboxylic acids is 1. The molecular formula is C16H17NO4. The SMILES string of the molecule is CCOC(=O)c1c(-c2cccc(OC)c2)cc(=O)[nH]c1C. The maximum absolute atomic E-state index is 12.1. The third-order valence-electron chi connectivity index (χ3n) is 3.09. The van der Waals surface area contributed by atoms with Crippen LogP contribution in [-0.4, -0.2) is 24.7 Å². The molecule has 0 fully saturated rings. The number of aryl methyl sites for hydroxylation is 1. The standard InChI is InChI=1S/C16H17NO4/c1-4-21-16(19)15-10(2)17-14(18)9-13(15)11-6-5-7-12(8-11)20-3/h5-9H,4H2,1-3H3,(H,17,18). The minimum atomic E-state index is -0.455. The van der Waals surface area contributed by atoms with E-state index in [1.165, 1.54) is 6.07 Å². The second kappa shape index (κ2) is 6.26. The van der Waals surface area contributed by atoms with Gasteiger partial charge >= 0.3 is 5.97 Å². The van der Waals surface area contributed by atoms with Crippen LogP contribution in [0.3, 0.4) is 0 Å². The van der Waals surface area contributed by atoms with Crippen LogP contribution in [0.5, 0.6) is 5.75 Å². The van der Waals surface area contributed by atoms with Gasteiger partial charge in [-0.25, -0.2) is 4.79 Å². The first-order valence-corrected chi connectivity index (χ1v) is 6.62. The van der Waals surface area contributed by atoms with E-state index in [1.54, 1.807) is 39.2 Å². The summed E-state index contributed by atoms with van der Waals surface area (Å²) < 4.78 is 10.3. The number of hydrogen-bond acceptors (Lipinski definition) is 4. The van der Waals surface area contributed by atoms with E-state index in [0.717, 1.165) is 5.56 Å². The molecule has 21 heavy (non-hydrogen) atoms. The normalized spacial score (nSPS) is 10.2. The predicted molar refractivity (Wildman–Crippen MR) is 79.7 cm³/mol. The van der Waals surface area contributed by atoms with Crippen LogP contribution in [0.15, 0.2) is 35.1 Å². The van der Waals surface area contributed by atoms with Gasteiger partial charge in [-0.05, 0) is 31.5 Å². The Hall–Kier alpha value is -2.56. The molecule has 1 aromatic heterocycles. The van der Waals surface area contributed by atoms with Gasteiger partial charge in [0.1, 0.15) is 5.75 Å². The zero-order chi connectivity index (χ0) is 15.4. The summed E-state index contributed by atoms with van der Waals surface area (Å²) in [5.74, 6) is 0.198. The van der Waals surface area contributed by atoms with Gasteiger partial charge in [0.25, 0.3) is 0 Å². The van der Waals surface area contributed by atoms with Crippen LogP contribution in [0.25, 0.3) is 11.1 Å². The summed E-state index contributed by atoms with van der Waals surface area (Å²) in [6, 6.07) is 8.59. The summed E-state index contributed by atoms with van der Waals surface area (Å²) in [6.45, 7) is 3.69. The molecular weight excluding hydrogens is 270 g/mol. The Bertz CT molecular complexity index is 718. The Morgan fingerprint density at radius 1 is 1.29 bits per heavy atom. The molecule has 0 amide bonds. The van der Waals surface area contributed by atoms with Crippen molar-refractivity contribution < 1.29 is 14.3 Å². The van der Waals surface area contributed by atoms with E-state index in [0.29, 0.717) is 22.6 Å². The lowest BCUT2D eigenvalue weighted by atomic mass is 9.99. The summed E-state index contributed by atoms with van der Waals surface area (Å²) in [4.78, 5) is 26.5. The quantitative estimate of drug-likeness (QED) is 0.877. The van der Waals surface area contributed by atoms with E-state index < -0.39 is 5.97 Å². The van der Waals surface area contributed by atoms with Crippen molar-refractivity contribution in [2.24, 2.45) is 0 Å². The van der Waals surface area contributed by atoms with Gasteiger partial charge in [0.15, 0.2) is 0 Å². The Morgan fingerprint density at radius 3 is 2.71 bits per heavy atom. The summed E-state index contributed by atoms with van der Waals surface area (Å²) in [7, 11) is 1.56. The van der Waals surface area contributed by atoms with E-state index >= 15 is 0 Å². The third kappa shape index (κ3) is 3.13. The van der Waals surface area contributed by atoms with Crippen LogP contribution in [0.1, 0.15) is 23.0 Å². The smallest absolute Gasteiger partial charge is 0.340 e. The first-order chi connectivity index (χ1) is 10.1. The van der Waals surface area contributed by atoms with E-state index in [2.05, 4.69) is 4.98 Å². The molecule has 1 aromatic carbocycles. The molecule has 0 aliphatic carbocycles.